The normalized spacial score (nSPS) is 11.2. The molecule has 0 spiro atoms. The molecule has 0 aliphatic rings. The van der Waals surface area contributed by atoms with Crippen LogP contribution in [0.5, 0.6) is 0 Å². The van der Waals surface area contributed by atoms with Gasteiger partial charge in [-0.1, -0.05) is 20.8 Å². The minimum absolute atomic E-state index is 0.0177. The Hall–Kier alpha value is -1.91. The number of aryl methyl sites for hydroxylation is 1. The van der Waals surface area contributed by atoms with Crippen LogP contribution in [-0.2, 0) is 9.59 Å². The number of nitrogen functional groups attached to an aromatic ring is 1. The van der Waals surface area contributed by atoms with Crippen LogP contribution in [0.1, 0.15) is 52.5 Å². The molecule has 124 valence electrons. The minimum Gasteiger partial charge on any atom is -0.397 e. The maximum absolute atomic E-state index is 13.4. The molecule has 0 aliphatic carbocycles. The van der Waals surface area contributed by atoms with Crippen LogP contribution in [0.3, 0.4) is 0 Å². The van der Waals surface area contributed by atoms with Crippen LogP contribution in [0.15, 0.2) is 12.1 Å². The number of nitrogens with two attached hydrogens (primary N) is 1. The largest absolute Gasteiger partial charge is 0.397 e. The summed E-state index contributed by atoms with van der Waals surface area (Å²) in [4.78, 5) is 23.0. The first-order valence-electron chi connectivity index (χ1n) is 7.69. The number of hydrogen-bond acceptors (Lipinski definition) is 4. The zero-order chi connectivity index (χ0) is 17.3. The molecule has 1 atom stereocenters. The van der Waals surface area contributed by atoms with Crippen LogP contribution in [0, 0.1) is 12.7 Å². The fourth-order valence-corrected chi connectivity index (χ4v) is 1.97. The lowest BCUT2D eigenvalue weighted by atomic mass is 10.0. The van der Waals surface area contributed by atoms with Gasteiger partial charge in [0.1, 0.15) is 11.6 Å². The van der Waals surface area contributed by atoms with Crippen molar-refractivity contribution in [3.63, 3.8) is 0 Å². The molecule has 0 saturated carbocycles. The number of benzene rings is 1. The van der Waals surface area contributed by atoms with Gasteiger partial charge in [0.25, 0.3) is 0 Å². The SMILES string of the molecule is CC.CCC(=O)C(CCC(C)=O)Nc1cc(F)cc(C)c1N. The molecule has 0 radical (unpaired) electrons. The molecular formula is C17H27FN2O2. The van der Waals surface area contributed by atoms with Crippen LogP contribution >= 0.6 is 0 Å². The number of carbonyl (C=O) groups is 2. The molecule has 0 aliphatic heterocycles. The number of anilines is 2. The second-order valence-corrected chi connectivity index (χ2v) is 4.94. The standard InChI is InChI=1S/C15H21FN2O2.C2H6/c1-4-14(20)12(6-5-10(3)19)18-13-8-11(16)7-9(2)15(13)17;1-2/h7-8,12,18H,4-6,17H2,1-3H3;1-2H3. The van der Waals surface area contributed by atoms with Gasteiger partial charge in [-0.15, -0.1) is 0 Å². The molecule has 0 aromatic heterocycles. The van der Waals surface area contributed by atoms with Crippen molar-refractivity contribution in [2.45, 2.75) is 59.9 Å². The van der Waals surface area contributed by atoms with Gasteiger partial charge in [0.15, 0.2) is 5.78 Å². The summed E-state index contributed by atoms with van der Waals surface area (Å²) in [6.07, 6.45) is 1.04. The molecule has 0 bridgehead atoms. The Labute approximate surface area is 132 Å². The number of hydrogen-bond donors (Lipinski definition) is 2. The van der Waals surface area contributed by atoms with E-state index < -0.39 is 11.9 Å². The van der Waals surface area contributed by atoms with Gasteiger partial charge in [-0.3, -0.25) is 4.79 Å². The van der Waals surface area contributed by atoms with Crippen molar-refractivity contribution < 1.29 is 14.0 Å². The van der Waals surface area contributed by atoms with Crippen LogP contribution in [0.2, 0.25) is 0 Å². The molecule has 5 heteroatoms. The number of halogens is 1. The summed E-state index contributed by atoms with van der Waals surface area (Å²) in [5, 5.41) is 2.97. The molecular weight excluding hydrogens is 283 g/mol. The van der Waals surface area contributed by atoms with E-state index in [1.54, 1.807) is 13.8 Å². The highest BCUT2D eigenvalue weighted by Crippen LogP contribution is 2.25. The van der Waals surface area contributed by atoms with Crippen molar-refractivity contribution in [2.24, 2.45) is 0 Å². The third-order valence-corrected chi connectivity index (χ3v) is 3.20. The maximum atomic E-state index is 13.4. The first kappa shape index (κ1) is 20.1. The quantitative estimate of drug-likeness (QED) is 0.750. The highest BCUT2D eigenvalue weighted by atomic mass is 19.1. The molecule has 4 nitrogen and oxygen atoms in total. The van der Waals surface area contributed by atoms with Crippen molar-refractivity contribution >= 4 is 22.9 Å². The Morgan fingerprint density at radius 3 is 2.41 bits per heavy atom. The van der Waals surface area contributed by atoms with Gasteiger partial charge < -0.3 is 15.8 Å². The average molecular weight is 310 g/mol. The van der Waals surface area contributed by atoms with E-state index in [1.165, 1.54) is 19.1 Å². The molecule has 0 saturated heterocycles. The second-order valence-electron chi connectivity index (χ2n) is 4.94. The third kappa shape index (κ3) is 6.24. The van der Waals surface area contributed by atoms with E-state index in [1.807, 2.05) is 13.8 Å². The summed E-state index contributed by atoms with van der Waals surface area (Å²) >= 11 is 0. The number of carbonyl (C=O) groups excluding carboxylic acids is 2. The van der Waals surface area contributed by atoms with Crippen molar-refractivity contribution in [3.8, 4) is 0 Å². The number of nitrogens with one attached hydrogen (secondary N) is 1. The third-order valence-electron chi connectivity index (χ3n) is 3.20. The van der Waals surface area contributed by atoms with Gasteiger partial charge in [-0.25, -0.2) is 4.39 Å². The summed E-state index contributed by atoms with van der Waals surface area (Å²) in [5.41, 5.74) is 7.32. The molecule has 1 aromatic rings. The van der Waals surface area contributed by atoms with E-state index in [2.05, 4.69) is 5.32 Å². The first-order valence-corrected chi connectivity index (χ1v) is 7.69. The second kappa shape index (κ2) is 9.92. The van der Waals surface area contributed by atoms with E-state index in [0.717, 1.165) is 0 Å². The molecule has 22 heavy (non-hydrogen) atoms. The van der Waals surface area contributed by atoms with Gasteiger partial charge in [0.05, 0.1) is 17.4 Å². The molecule has 1 unspecified atom stereocenters. The number of ketones is 2. The summed E-state index contributed by atoms with van der Waals surface area (Å²) in [5.74, 6) is -0.412. The van der Waals surface area contributed by atoms with Gasteiger partial charge in [-0.05, 0) is 38.0 Å². The van der Waals surface area contributed by atoms with E-state index >= 15 is 0 Å². The Morgan fingerprint density at radius 2 is 1.91 bits per heavy atom. The molecule has 0 heterocycles. The Balaban J connectivity index is 0.00000211. The van der Waals surface area contributed by atoms with E-state index in [0.29, 0.717) is 36.2 Å². The minimum atomic E-state index is -0.521. The van der Waals surface area contributed by atoms with Crippen molar-refractivity contribution in [3.05, 3.63) is 23.5 Å². The fourth-order valence-electron chi connectivity index (χ4n) is 1.97. The smallest absolute Gasteiger partial charge is 0.154 e. The Kier molecular flexibility index (Phi) is 9.06. The van der Waals surface area contributed by atoms with Crippen LogP contribution in [0.4, 0.5) is 15.8 Å². The zero-order valence-electron chi connectivity index (χ0n) is 14.1. The lowest BCUT2D eigenvalue weighted by molar-refractivity contribution is -0.120. The van der Waals surface area contributed by atoms with Crippen LogP contribution in [-0.4, -0.2) is 17.6 Å². The van der Waals surface area contributed by atoms with E-state index in [-0.39, 0.29) is 11.6 Å². The van der Waals surface area contributed by atoms with E-state index in [4.69, 9.17) is 5.73 Å². The maximum Gasteiger partial charge on any atom is 0.154 e. The lowest BCUT2D eigenvalue weighted by Crippen LogP contribution is -2.30. The molecule has 0 fully saturated rings. The molecule has 1 aromatic carbocycles. The monoisotopic (exact) mass is 310 g/mol. The highest BCUT2D eigenvalue weighted by molar-refractivity contribution is 5.88. The molecule has 3 N–H and O–H groups in total. The zero-order valence-corrected chi connectivity index (χ0v) is 14.1. The topological polar surface area (TPSA) is 72.2 Å². The Morgan fingerprint density at radius 1 is 1.32 bits per heavy atom. The Bertz CT molecular complexity index is 516. The van der Waals surface area contributed by atoms with Crippen LogP contribution < -0.4 is 11.1 Å². The van der Waals surface area contributed by atoms with Gasteiger partial charge >= 0.3 is 0 Å². The van der Waals surface area contributed by atoms with Gasteiger partial charge in [0.2, 0.25) is 0 Å². The number of Topliss-reactive ketones (excluding diaryl/α,β-unsaturated/α-hetero) is 2. The summed E-state index contributed by atoms with van der Waals surface area (Å²) in [6, 6.07) is 2.09. The lowest BCUT2D eigenvalue weighted by Gasteiger charge is -2.20. The van der Waals surface area contributed by atoms with E-state index in [9.17, 15) is 14.0 Å². The van der Waals surface area contributed by atoms with Crippen molar-refractivity contribution in [1.29, 1.82) is 0 Å². The molecule has 1 rings (SSSR count). The van der Waals surface area contributed by atoms with Crippen LogP contribution in [0.25, 0.3) is 0 Å². The average Bonchev–Trinajstić information content (AvgIpc) is 2.49. The van der Waals surface area contributed by atoms with Gasteiger partial charge in [0, 0.05) is 12.8 Å². The summed E-state index contributed by atoms with van der Waals surface area (Å²) in [6.45, 7) is 8.94. The first-order chi connectivity index (χ1) is 10.3. The number of rotatable bonds is 7. The molecule has 0 amide bonds. The summed E-state index contributed by atoms with van der Waals surface area (Å²) < 4.78 is 13.4. The predicted octanol–water partition coefficient (Wildman–Crippen LogP) is 3.87. The predicted molar refractivity (Wildman–Crippen MR) is 89.5 cm³/mol. The van der Waals surface area contributed by atoms with Gasteiger partial charge in [-0.2, -0.15) is 0 Å². The fraction of sp³-hybridized carbons (Fsp3) is 0.529. The summed E-state index contributed by atoms with van der Waals surface area (Å²) in [7, 11) is 0. The highest BCUT2D eigenvalue weighted by Gasteiger charge is 2.18. The van der Waals surface area contributed by atoms with Crippen molar-refractivity contribution in [2.75, 3.05) is 11.1 Å². The van der Waals surface area contributed by atoms with Crippen molar-refractivity contribution in [1.82, 2.24) is 0 Å².